The maximum atomic E-state index is 12.2. The lowest BCUT2D eigenvalue weighted by atomic mass is 10.1. The molecule has 1 aromatic carbocycles. The average molecular weight is 309 g/mol. The van der Waals surface area contributed by atoms with Crippen LogP contribution in [0.2, 0.25) is 0 Å². The van der Waals surface area contributed by atoms with Crippen LogP contribution < -0.4 is 5.32 Å². The van der Waals surface area contributed by atoms with Gasteiger partial charge in [0.25, 0.3) is 0 Å². The Balaban J connectivity index is 1.63. The topological polar surface area (TPSA) is 75.6 Å². The van der Waals surface area contributed by atoms with Crippen LogP contribution in [-0.2, 0) is 17.8 Å². The van der Waals surface area contributed by atoms with Gasteiger partial charge in [0.1, 0.15) is 0 Å². The van der Waals surface area contributed by atoms with Crippen molar-refractivity contribution in [3.05, 3.63) is 65.2 Å². The third-order valence-corrected chi connectivity index (χ3v) is 3.67. The molecule has 118 valence electrons. The molecule has 23 heavy (non-hydrogen) atoms. The van der Waals surface area contributed by atoms with E-state index >= 15 is 0 Å². The number of H-pyrrole nitrogens is 1. The molecule has 3 rings (SSSR count). The normalized spacial score (nSPS) is 10.7. The Morgan fingerprint density at radius 1 is 1.22 bits per heavy atom. The number of carbonyl (C=O) groups is 1. The number of amides is 1. The quantitative estimate of drug-likeness (QED) is 0.760. The van der Waals surface area contributed by atoms with Crippen LogP contribution in [0, 0.1) is 13.8 Å². The summed E-state index contributed by atoms with van der Waals surface area (Å²) in [6.45, 7) is 4.59. The molecule has 2 aromatic heterocycles. The van der Waals surface area contributed by atoms with E-state index in [1.165, 1.54) is 0 Å². The van der Waals surface area contributed by atoms with Crippen LogP contribution >= 0.6 is 0 Å². The predicted molar refractivity (Wildman–Crippen MR) is 88.2 cm³/mol. The van der Waals surface area contributed by atoms with Crippen molar-refractivity contribution in [1.82, 2.24) is 20.0 Å². The highest BCUT2D eigenvalue weighted by molar-refractivity contribution is 5.93. The van der Waals surface area contributed by atoms with Crippen molar-refractivity contribution in [2.24, 2.45) is 0 Å². The molecule has 0 aliphatic rings. The van der Waals surface area contributed by atoms with Gasteiger partial charge in [-0.05, 0) is 37.1 Å². The van der Waals surface area contributed by atoms with E-state index in [9.17, 15) is 4.79 Å². The lowest BCUT2D eigenvalue weighted by Crippen LogP contribution is -2.16. The number of aromatic nitrogens is 4. The fourth-order valence-corrected chi connectivity index (χ4v) is 2.49. The Morgan fingerprint density at radius 3 is 2.70 bits per heavy atom. The summed E-state index contributed by atoms with van der Waals surface area (Å²) in [5.41, 5.74) is 4.72. The Hall–Kier alpha value is -2.89. The minimum absolute atomic E-state index is 0.0609. The maximum absolute atomic E-state index is 12.2. The van der Waals surface area contributed by atoms with Crippen molar-refractivity contribution in [2.45, 2.75) is 26.8 Å². The van der Waals surface area contributed by atoms with E-state index in [0.29, 0.717) is 6.54 Å². The van der Waals surface area contributed by atoms with Crippen LogP contribution in [0.5, 0.6) is 0 Å². The number of para-hydroxylation sites is 1. The molecule has 0 saturated carbocycles. The zero-order valence-corrected chi connectivity index (χ0v) is 13.2. The first-order valence-electron chi connectivity index (χ1n) is 7.48. The van der Waals surface area contributed by atoms with Gasteiger partial charge >= 0.3 is 0 Å². The summed E-state index contributed by atoms with van der Waals surface area (Å²) < 4.78 is 1.79. The van der Waals surface area contributed by atoms with Gasteiger partial charge in [-0.3, -0.25) is 14.6 Å². The minimum Gasteiger partial charge on any atom is -0.325 e. The molecule has 0 aliphatic heterocycles. The number of anilines is 1. The highest BCUT2D eigenvalue weighted by Crippen LogP contribution is 2.19. The van der Waals surface area contributed by atoms with Crippen molar-refractivity contribution in [3.63, 3.8) is 0 Å². The summed E-state index contributed by atoms with van der Waals surface area (Å²) >= 11 is 0. The van der Waals surface area contributed by atoms with Gasteiger partial charge in [0.2, 0.25) is 5.91 Å². The minimum atomic E-state index is -0.0609. The van der Waals surface area contributed by atoms with Gasteiger partial charge in [-0.1, -0.05) is 18.2 Å². The van der Waals surface area contributed by atoms with Gasteiger partial charge in [-0.15, -0.1) is 0 Å². The van der Waals surface area contributed by atoms with Crippen molar-refractivity contribution < 1.29 is 4.79 Å². The summed E-state index contributed by atoms with van der Waals surface area (Å²) in [4.78, 5) is 12.2. The largest absolute Gasteiger partial charge is 0.325 e. The van der Waals surface area contributed by atoms with Gasteiger partial charge in [0.05, 0.1) is 24.4 Å². The first-order valence-corrected chi connectivity index (χ1v) is 7.48. The zero-order valence-electron chi connectivity index (χ0n) is 13.2. The number of nitrogens with one attached hydrogen (secondary N) is 2. The van der Waals surface area contributed by atoms with E-state index in [4.69, 9.17) is 0 Å². The first-order chi connectivity index (χ1) is 11.1. The predicted octanol–water partition coefficient (Wildman–Crippen LogP) is 2.45. The summed E-state index contributed by atoms with van der Waals surface area (Å²) in [5, 5.41) is 14.2. The summed E-state index contributed by atoms with van der Waals surface area (Å²) in [6, 6.07) is 9.72. The van der Waals surface area contributed by atoms with E-state index in [0.717, 1.165) is 28.2 Å². The smallest absolute Gasteiger partial charge is 0.230 e. The molecular weight excluding hydrogens is 290 g/mol. The maximum Gasteiger partial charge on any atom is 0.230 e. The van der Waals surface area contributed by atoms with Gasteiger partial charge in [-0.25, -0.2) is 0 Å². The molecule has 3 aromatic rings. The van der Waals surface area contributed by atoms with Crippen molar-refractivity contribution >= 4 is 11.6 Å². The number of hydrogen-bond donors (Lipinski definition) is 2. The number of rotatable bonds is 5. The van der Waals surface area contributed by atoms with Crippen LogP contribution in [0.15, 0.2) is 42.7 Å². The molecular formula is C17H19N5O. The molecule has 0 spiro atoms. The van der Waals surface area contributed by atoms with E-state index in [1.807, 2.05) is 50.4 Å². The number of benzene rings is 1. The van der Waals surface area contributed by atoms with E-state index < -0.39 is 0 Å². The molecule has 0 unspecified atom stereocenters. The van der Waals surface area contributed by atoms with Gasteiger partial charge in [0.15, 0.2) is 0 Å². The third-order valence-electron chi connectivity index (χ3n) is 3.67. The molecule has 0 aliphatic carbocycles. The number of hydrogen-bond acceptors (Lipinski definition) is 3. The summed E-state index contributed by atoms with van der Waals surface area (Å²) in [5.74, 6) is -0.0609. The highest BCUT2D eigenvalue weighted by atomic mass is 16.1. The average Bonchev–Trinajstić information content (AvgIpc) is 3.16. The molecule has 6 nitrogen and oxygen atoms in total. The lowest BCUT2D eigenvalue weighted by molar-refractivity contribution is -0.115. The molecule has 2 heterocycles. The molecule has 0 radical (unpaired) electrons. The van der Waals surface area contributed by atoms with E-state index in [1.54, 1.807) is 10.9 Å². The van der Waals surface area contributed by atoms with Gasteiger partial charge in [0, 0.05) is 18.1 Å². The number of aromatic amines is 1. The van der Waals surface area contributed by atoms with Crippen molar-refractivity contribution in [2.75, 3.05) is 5.32 Å². The molecule has 0 fully saturated rings. The van der Waals surface area contributed by atoms with Crippen molar-refractivity contribution in [1.29, 1.82) is 0 Å². The van der Waals surface area contributed by atoms with Gasteiger partial charge in [-0.2, -0.15) is 10.2 Å². The SMILES string of the molecule is Cc1cccc(C)c1NC(=O)Cc1ccn(Cc2ccn[nH]2)n1. The first kappa shape index (κ1) is 15.0. The Bertz CT molecular complexity index is 784. The molecule has 6 heteroatoms. The molecule has 1 amide bonds. The Kier molecular flexibility index (Phi) is 4.23. The number of nitrogens with zero attached hydrogens (tertiary/aromatic N) is 3. The molecule has 0 saturated heterocycles. The van der Waals surface area contributed by atoms with Crippen molar-refractivity contribution in [3.8, 4) is 0 Å². The Morgan fingerprint density at radius 2 is 2.00 bits per heavy atom. The number of carbonyl (C=O) groups excluding carboxylic acids is 1. The number of aryl methyl sites for hydroxylation is 2. The molecule has 0 bridgehead atoms. The van der Waals surface area contributed by atoms with Crippen LogP contribution in [-0.4, -0.2) is 25.9 Å². The lowest BCUT2D eigenvalue weighted by Gasteiger charge is -2.10. The Labute approximate surface area is 134 Å². The zero-order chi connectivity index (χ0) is 16.2. The van der Waals surface area contributed by atoms with Crippen LogP contribution in [0.4, 0.5) is 5.69 Å². The summed E-state index contributed by atoms with van der Waals surface area (Å²) in [6.07, 6.45) is 3.82. The third kappa shape index (κ3) is 3.66. The second kappa shape index (κ2) is 6.48. The highest BCUT2D eigenvalue weighted by Gasteiger charge is 2.10. The van der Waals surface area contributed by atoms with E-state index in [-0.39, 0.29) is 12.3 Å². The molecule has 0 atom stereocenters. The summed E-state index contributed by atoms with van der Waals surface area (Å²) in [7, 11) is 0. The molecule has 2 N–H and O–H groups in total. The van der Waals surface area contributed by atoms with Crippen LogP contribution in [0.1, 0.15) is 22.5 Å². The van der Waals surface area contributed by atoms with Crippen LogP contribution in [0.3, 0.4) is 0 Å². The fourth-order valence-electron chi connectivity index (χ4n) is 2.49. The fraction of sp³-hybridized carbons (Fsp3) is 0.235. The van der Waals surface area contributed by atoms with Gasteiger partial charge < -0.3 is 5.32 Å². The standard InChI is InChI=1S/C17H19N5O/c1-12-4-3-5-13(2)17(12)19-16(23)10-14-7-9-22(21-14)11-15-6-8-18-20-15/h3-9H,10-11H2,1-2H3,(H,18,20)(H,19,23). The monoisotopic (exact) mass is 309 g/mol. The van der Waals surface area contributed by atoms with Crippen LogP contribution in [0.25, 0.3) is 0 Å². The second-order valence-corrected chi connectivity index (χ2v) is 5.58. The second-order valence-electron chi connectivity index (χ2n) is 5.58. The van der Waals surface area contributed by atoms with E-state index in [2.05, 4.69) is 20.6 Å².